The van der Waals surface area contributed by atoms with E-state index in [9.17, 15) is 14.0 Å². The number of rotatable bonds is 12. The van der Waals surface area contributed by atoms with E-state index in [1.165, 1.54) is 17.0 Å². The van der Waals surface area contributed by atoms with Gasteiger partial charge in [0, 0.05) is 42.0 Å². The lowest BCUT2D eigenvalue weighted by Crippen LogP contribution is -2.44. The molecule has 0 N–H and O–H groups in total. The first-order valence-corrected chi connectivity index (χ1v) is 12.7. The molecule has 1 saturated carbocycles. The van der Waals surface area contributed by atoms with Crippen LogP contribution in [0.4, 0.5) is 4.39 Å². The minimum atomic E-state index is -0.298. The van der Waals surface area contributed by atoms with Gasteiger partial charge >= 0.3 is 0 Å². The molecule has 1 aromatic heterocycles. The molecule has 0 saturated heterocycles. The minimum absolute atomic E-state index is 0.0235. The number of nitrogens with zero attached hydrogens (tertiary/aromatic N) is 2. The number of amides is 2. The Hall–Kier alpha value is -2.25. The maximum absolute atomic E-state index is 13.5. The van der Waals surface area contributed by atoms with Crippen molar-refractivity contribution in [1.29, 1.82) is 0 Å². The van der Waals surface area contributed by atoms with E-state index in [0.29, 0.717) is 39.3 Å². The summed E-state index contributed by atoms with van der Waals surface area (Å²) in [6.45, 7) is 6.63. The Morgan fingerprint density at radius 1 is 1.06 bits per heavy atom. The fraction of sp³-hybridized carbons (Fsp3) is 0.538. The van der Waals surface area contributed by atoms with Crippen LogP contribution in [0.3, 0.4) is 0 Å². The van der Waals surface area contributed by atoms with Crippen LogP contribution in [0, 0.1) is 18.7 Å². The third kappa shape index (κ3) is 7.93. The SMILES string of the molecule is CCOCCCN(CC(=O)N(Cc1ccc(F)cc1)Cc1ccc(C)s1)C(=O)C1CCCC1. The van der Waals surface area contributed by atoms with Gasteiger partial charge in [0.25, 0.3) is 0 Å². The van der Waals surface area contributed by atoms with Gasteiger partial charge in [-0.1, -0.05) is 25.0 Å². The van der Waals surface area contributed by atoms with Gasteiger partial charge in [-0.05, 0) is 62.9 Å². The molecule has 2 aromatic rings. The minimum Gasteiger partial charge on any atom is -0.382 e. The van der Waals surface area contributed by atoms with Crippen molar-refractivity contribution in [3.8, 4) is 0 Å². The highest BCUT2D eigenvalue weighted by Crippen LogP contribution is 2.27. The van der Waals surface area contributed by atoms with Crippen molar-refractivity contribution in [3.05, 3.63) is 57.5 Å². The Morgan fingerprint density at radius 3 is 2.42 bits per heavy atom. The number of hydrogen-bond acceptors (Lipinski definition) is 4. The Labute approximate surface area is 200 Å². The monoisotopic (exact) mass is 474 g/mol. The highest BCUT2D eigenvalue weighted by molar-refractivity contribution is 7.11. The van der Waals surface area contributed by atoms with Crippen LogP contribution in [0.5, 0.6) is 0 Å². The van der Waals surface area contributed by atoms with Crippen molar-refractivity contribution in [2.45, 2.75) is 59.0 Å². The number of hydrogen-bond donors (Lipinski definition) is 0. The first-order valence-electron chi connectivity index (χ1n) is 11.9. The molecule has 3 rings (SSSR count). The molecule has 2 amide bonds. The predicted molar refractivity (Wildman–Crippen MR) is 129 cm³/mol. The predicted octanol–water partition coefficient (Wildman–Crippen LogP) is 5.17. The highest BCUT2D eigenvalue weighted by atomic mass is 32.1. The number of carbonyl (C=O) groups excluding carboxylic acids is 2. The first-order chi connectivity index (χ1) is 16.0. The average Bonchev–Trinajstić information content (AvgIpc) is 3.48. The maximum Gasteiger partial charge on any atom is 0.242 e. The molecule has 7 heteroatoms. The fourth-order valence-corrected chi connectivity index (χ4v) is 5.17. The van der Waals surface area contributed by atoms with E-state index in [0.717, 1.165) is 36.1 Å². The molecule has 1 fully saturated rings. The lowest BCUT2D eigenvalue weighted by atomic mass is 10.1. The van der Waals surface area contributed by atoms with E-state index in [4.69, 9.17) is 4.74 Å². The molecule has 0 atom stereocenters. The van der Waals surface area contributed by atoms with E-state index >= 15 is 0 Å². The summed E-state index contributed by atoms with van der Waals surface area (Å²) in [6.07, 6.45) is 4.67. The molecule has 0 unspecified atom stereocenters. The number of carbonyl (C=O) groups is 2. The molecule has 1 aliphatic rings. The maximum atomic E-state index is 13.5. The second-order valence-corrected chi connectivity index (χ2v) is 10.1. The zero-order valence-corrected chi connectivity index (χ0v) is 20.5. The highest BCUT2D eigenvalue weighted by Gasteiger charge is 2.29. The van der Waals surface area contributed by atoms with Crippen molar-refractivity contribution in [2.75, 3.05) is 26.3 Å². The lowest BCUT2D eigenvalue weighted by Gasteiger charge is -2.29. The van der Waals surface area contributed by atoms with Crippen molar-refractivity contribution in [1.82, 2.24) is 9.80 Å². The summed E-state index contributed by atoms with van der Waals surface area (Å²) in [6, 6.07) is 10.3. The summed E-state index contributed by atoms with van der Waals surface area (Å²) in [4.78, 5) is 32.5. The van der Waals surface area contributed by atoms with Gasteiger partial charge in [0.1, 0.15) is 5.82 Å². The number of benzene rings is 1. The second kappa shape index (κ2) is 12.8. The summed E-state index contributed by atoms with van der Waals surface area (Å²) >= 11 is 1.66. The van der Waals surface area contributed by atoms with Crippen molar-refractivity contribution < 1.29 is 18.7 Å². The Balaban J connectivity index is 1.73. The standard InChI is InChI=1S/C26H35FN2O3S/c1-3-32-16-6-15-28(26(31)22-7-4-5-8-22)19-25(30)29(18-24-14-9-20(2)33-24)17-21-10-12-23(27)13-11-21/h9-14,22H,3-8,15-19H2,1-2H3. The molecule has 0 spiro atoms. The zero-order valence-electron chi connectivity index (χ0n) is 19.7. The third-order valence-electron chi connectivity index (χ3n) is 6.05. The van der Waals surface area contributed by atoms with Gasteiger partial charge in [0.05, 0.1) is 13.1 Å². The third-order valence-corrected chi connectivity index (χ3v) is 7.03. The molecule has 1 aliphatic carbocycles. The summed E-state index contributed by atoms with van der Waals surface area (Å²) in [7, 11) is 0. The number of aryl methyl sites for hydroxylation is 1. The Kier molecular flexibility index (Phi) is 9.88. The van der Waals surface area contributed by atoms with Crippen molar-refractivity contribution >= 4 is 23.2 Å². The molecule has 1 heterocycles. The van der Waals surface area contributed by atoms with Crippen LogP contribution in [0.15, 0.2) is 36.4 Å². The van der Waals surface area contributed by atoms with Gasteiger partial charge in [0.15, 0.2) is 0 Å². The normalized spacial score (nSPS) is 13.9. The van der Waals surface area contributed by atoms with Crippen LogP contribution in [0.2, 0.25) is 0 Å². The molecule has 5 nitrogen and oxygen atoms in total. The van der Waals surface area contributed by atoms with Crippen LogP contribution < -0.4 is 0 Å². The topological polar surface area (TPSA) is 49.9 Å². The van der Waals surface area contributed by atoms with Gasteiger partial charge in [0.2, 0.25) is 11.8 Å². The molecule has 0 radical (unpaired) electrons. The Morgan fingerprint density at radius 2 is 1.79 bits per heavy atom. The van der Waals surface area contributed by atoms with E-state index in [1.807, 2.05) is 26.0 Å². The van der Waals surface area contributed by atoms with Crippen LogP contribution in [-0.4, -0.2) is 47.9 Å². The van der Waals surface area contributed by atoms with Gasteiger partial charge in [-0.3, -0.25) is 9.59 Å². The molecular weight excluding hydrogens is 439 g/mol. The van der Waals surface area contributed by atoms with Crippen LogP contribution in [0.25, 0.3) is 0 Å². The smallest absolute Gasteiger partial charge is 0.242 e. The molecule has 0 aliphatic heterocycles. The molecule has 180 valence electrons. The van der Waals surface area contributed by atoms with E-state index in [2.05, 4.69) is 0 Å². The molecular formula is C26H35FN2O3S. The van der Waals surface area contributed by atoms with Gasteiger partial charge < -0.3 is 14.5 Å². The zero-order chi connectivity index (χ0) is 23.6. The summed E-state index contributed by atoms with van der Waals surface area (Å²) in [5, 5.41) is 0. The fourth-order valence-electron chi connectivity index (χ4n) is 4.26. The van der Waals surface area contributed by atoms with Crippen molar-refractivity contribution in [3.63, 3.8) is 0 Å². The summed E-state index contributed by atoms with van der Waals surface area (Å²) < 4.78 is 18.8. The molecule has 0 bridgehead atoms. The van der Waals surface area contributed by atoms with E-state index in [1.54, 1.807) is 33.3 Å². The van der Waals surface area contributed by atoms with Gasteiger partial charge in [-0.15, -0.1) is 11.3 Å². The van der Waals surface area contributed by atoms with Crippen LogP contribution >= 0.6 is 11.3 Å². The van der Waals surface area contributed by atoms with Gasteiger partial charge in [-0.25, -0.2) is 4.39 Å². The van der Waals surface area contributed by atoms with E-state index in [-0.39, 0.29) is 30.1 Å². The quantitative estimate of drug-likeness (QED) is 0.399. The number of halogens is 1. The van der Waals surface area contributed by atoms with Crippen molar-refractivity contribution in [2.24, 2.45) is 5.92 Å². The first kappa shape index (κ1) is 25.4. The second-order valence-electron chi connectivity index (χ2n) is 8.68. The molecule has 1 aromatic carbocycles. The lowest BCUT2D eigenvalue weighted by molar-refractivity contribution is -0.143. The van der Waals surface area contributed by atoms with Crippen LogP contribution in [0.1, 0.15) is 54.3 Å². The largest absolute Gasteiger partial charge is 0.382 e. The Bertz CT molecular complexity index is 893. The number of thiophene rings is 1. The molecule has 33 heavy (non-hydrogen) atoms. The average molecular weight is 475 g/mol. The van der Waals surface area contributed by atoms with E-state index < -0.39 is 0 Å². The summed E-state index contributed by atoms with van der Waals surface area (Å²) in [5.74, 6) is -0.275. The number of ether oxygens (including phenoxy) is 1. The van der Waals surface area contributed by atoms with Crippen LogP contribution in [-0.2, 0) is 27.4 Å². The van der Waals surface area contributed by atoms with Gasteiger partial charge in [-0.2, -0.15) is 0 Å². The summed E-state index contributed by atoms with van der Waals surface area (Å²) in [5.41, 5.74) is 0.864.